The first kappa shape index (κ1) is 13.3. The zero-order valence-electron chi connectivity index (χ0n) is 10.1. The van der Waals surface area contributed by atoms with Gasteiger partial charge in [0.2, 0.25) is 10.0 Å². The molecule has 0 saturated heterocycles. The van der Waals surface area contributed by atoms with Crippen LogP contribution in [0, 0.1) is 0 Å². The van der Waals surface area contributed by atoms with E-state index in [0.717, 1.165) is 5.69 Å². The van der Waals surface area contributed by atoms with Crippen LogP contribution >= 0.6 is 0 Å². The Balaban J connectivity index is 2.26. The molecule has 0 amide bonds. The first-order chi connectivity index (χ1) is 8.97. The largest absolute Gasteiger partial charge is 0.399 e. The Hall–Kier alpha value is -2.12. The number of nitrogens with one attached hydrogen (secondary N) is 1. The second kappa shape index (κ2) is 5.25. The number of anilines is 2. The number of sulfonamides is 1. The van der Waals surface area contributed by atoms with E-state index in [0.29, 0.717) is 17.9 Å². The average Bonchev–Trinajstić information content (AvgIpc) is 2.37. The number of nitrogens with two attached hydrogens (primary N) is 2. The van der Waals surface area contributed by atoms with Gasteiger partial charge in [0.1, 0.15) is 4.90 Å². The monoisotopic (exact) mass is 278 g/mol. The van der Waals surface area contributed by atoms with Crippen LogP contribution in [0.5, 0.6) is 0 Å². The Bertz CT molecular complexity index is 671. The molecule has 1 aromatic carbocycles. The summed E-state index contributed by atoms with van der Waals surface area (Å²) in [5.74, 6) is 0. The molecule has 5 N–H and O–H groups in total. The lowest BCUT2D eigenvalue weighted by Gasteiger charge is -2.11. The van der Waals surface area contributed by atoms with E-state index in [9.17, 15) is 8.42 Å². The molecule has 0 radical (unpaired) electrons. The number of hydrogen-bond donors (Lipinski definition) is 3. The number of rotatable bonds is 4. The topological polar surface area (TPSA) is 111 Å². The average molecular weight is 278 g/mol. The fourth-order valence-corrected chi connectivity index (χ4v) is 2.36. The van der Waals surface area contributed by atoms with Crippen molar-refractivity contribution in [1.29, 1.82) is 0 Å². The first-order valence-electron chi connectivity index (χ1n) is 5.53. The van der Waals surface area contributed by atoms with Crippen molar-refractivity contribution in [2.75, 3.05) is 11.1 Å². The molecule has 0 aliphatic heterocycles. The minimum atomic E-state index is -3.82. The highest BCUT2D eigenvalue weighted by atomic mass is 32.2. The molecule has 7 heteroatoms. The van der Waals surface area contributed by atoms with Crippen LogP contribution in [-0.2, 0) is 16.6 Å². The molecule has 0 aliphatic carbocycles. The number of benzene rings is 1. The smallest absolute Gasteiger partial charge is 0.240 e. The number of nitrogen functional groups attached to an aromatic ring is 1. The van der Waals surface area contributed by atoms with Gasteiger partial charge in [0.15, 0.2) is 0 Å². The summed E-state index contributed by atoms with van der Waals surface area (Å²) in [6.07, 6.45) is 1.67. The molecule has 1 aromatic heterocycles. The second-order valence-electron chi connectivity index (χ2n) is 3.98. The quantitative estimate of drug-likeness (QED) is 0.720. The van der Waals surface area contributed by atoms with Crippen molar-refractivity contribution in [3.05, 3.63) is 48.3 Å². The maximum absolute atomic E-state index is 11.5. The van der Waals surface area contributed by atoms with E-state index in [1.807, 2.05) is 18.2 Å². The first-order valence-corrected chi connectivity index (χ1v) is 7.07. The van der Waals surface area contributed by atoms with Gasteiger partial charge < -0.3 is 11.1 Å². The van der Waals surface area contributed by atoms with Crippen molar-refractivity contribution >= 4 is 21.4 Å². The minimum Gasteiger partial charge on any atom is -0.399 e. The molecule has 0 aliphatic rings. The molecule has 6 nitrogen and oxygen atoms in total. The number of hydrogen-bond acceptors (Lipinski definition) is 5. The van der Waals surface area contributed by atoms with Crippen LogP contribution in [0.4, 0.5) is 11.4 Å². The van der Waals surface area contributed by atoms with Crippen molar-refractivity contribution in [2.45, 2.75) is 11.4 Å². The van der Waals surface area contributed by atoms with Crippen molar-refractivity contribution in [3.8, 4) is 0 Å². The highest BCUT2D eigenvalue weighted by molar-refractivity contribution is 7.89. The van der Waals surface area contributed by atoms with Gasteiger partial charge in [0, 0.05) is 11.9 Å². The molecule has 0 spiro atoms. The number of aromatic nitrogens is 1. The molecule has 0 unspecified atom stereocenters. The summed E-state index contributed by atoms with van der Waals surface area (Å²) in [5, 5.41) is 8.14. The van der Waals surface area contributed by atoms with E-state index in [2.05, 4.69) is 10.3 Å². The summed E-state index contributed by atoms with van der Waals surface area (Å²) >= 11 is 0. The summed E-state index contributed by atoms with van der Waals surface area (Å²) < 4.78 is 23.0. The third-order valence-corrected chi connectivity index (χ3v) is 3.45. The van der Waals surface area contributed by atoms with Gasteiger partial charge in [-0.1, -0.05) is 6.07 Å². The minimum absolute atomic E-state index is 0.0246. The van der Waals surface area contributed by atoms with Crippen LogP contribution < -0.4 is 16.2 Å². The van der Waals surface area contributed by atoms with Crippen molar-refractivity contribution in [3.63, 3.8) is 0 Å². The highest BCUT2D eigenvalue weighted by Crippen LogP contribution is 2.23. The number of primary sulfonamides is 1. The van der Waals surface area contributed by atoms with E-state index in [-0.39, 0.29) is 4.90 Å². The third kappa shape index (κ3) is 3.43. The fraction of sp³-hybridized carbons (Fsp3) is 0.0833. The summed E-state index contributed by atoms with van der Waals surface area (Å²) in [7, 11) is -3.82. The SMILES string of the molecule is Nc1ccc(NCc2ccccn2)c(S(N)(=O)=O)c1. The fourth-order valence-electron chi connectivity index (χ4n) is 1.61. The molecule has 100 valence electrons. The van der Waals surface area contributed by atoms with Crippen molar-refractivity contribution in [2.24, 2.45) is 5.14 Å². The molecule has 0 saturated carbocycles. The molecular weight excluding hydrogens is 264 g/mol. The molecule has 0 fully saturated rings. The van der Waals surface area contributed by atoms with Gasteiger partial charge in [-0.05, 0) is 30.3 Å². The van der Waals surface area contributed by atoms with E-state index >= 15 is 0 Å². The predicted molar refractivity (Wildman–Crippen MR) is 73.8 cm³/mol. The van der Waals surface area contributed by atoms with Crippen LogP contribution in [0.3, 0.4) is 0 Å². The van der Waals surface area contributed by atoms with Crippen LogP contribution in [0.25, 0.3) is 0 Å². The molecule has 0 atom stereocenters. The summed E-state index contributed by atoms with van der Waals surface area (Å²) in [5.41, 5.74) is 7.11. The Morgan fingerprint density at radius 2 is 2.00 bits per heavy atom. The molecular formula is C12H14N4O2S. The van der Waals surface area contributed by atoms with Crippen LogP contribution in [0.15, 0.2) is 47.5 Å². The maximum Gasteiger partial charge on any atom is 0.240 e. The highest BCUT2D eigenvalue weighted by Gasteiger charge is 2.14. The van der Waals surface area contributed by atoms with E-state index in [1.165, 1.54) is 6.07 Å². The van der Waals surface area contributed by atoms with Gasteiger partial charge in [0.05, 0.1) is 17.9 Å². The maximum atomic E-state index is 11.5. The Morgan fingerprint density at radius 3 is 2.63 bits per heavy atom. The third-order valence-electron chi connectivity index (χ3n) is 2.50. The molecule has 1 heterocycles. The van der Waals surface area contributed by atoms with E-state index < -0.39 is 10.0 Å². The Labute approximate surface area is 111 Å². The number of pyridine rings is 1. The lowest BCUT2D eigenvalue weighted by atomic mass is 10.2. The van der Waals surface area contributed by atoms with Gasteiger partial charge in [-0.2, -0.15) is 0 Å². The number of nitrogens with zero attached hydrogens (tertiary/aromatic N) is 1. The predicted octanol–water partition coefficient (Wildman–Crippen LogP) is 0.923. The van der Waals surface area contributed by atoms with Gasteiger partial charge in [-0.3, -0.25) is 4.98 Å². The van der Waals surface area contributed by atoms with E-state index in [1.54, 1.807) is 18.3 Å². The summed E-state index contributed by atoms with van der Waals surface area (Å²) in [4.78, 5) is 4.11. The standard InChI is InChI=1S/C12H14N4O2S/c13-9-4-5-11(12(7-9)19(14,17)18)16-8-10-3-1-2-6-15-10/h1-7,16H,8,13H2,(H2,14,17,18). The van der Waals surface area contributed by atoms with Crippen LogP contribution in [-0.4, -0.2) is 13.4 Å². The van der Waals surface area contributed by atoms with Gasteiger partial charge in [-0.15, -0.1) is 0 Å². The lowest BCUT2D eigenvalue weighted by Crippen LogP contribution is -2.15. The van der Waals surface area contributed by atoms with Crippen LogP contribution in [0.1, 0.15) is 5.69 Å². The molecule has 2 aromatic rings. The Kier molecular flexibility index (Phi) is 3.68. The van der Waals surface area contributed by atoms with Crippen molar-refractivity contribution in [1.82, 2.24) is 4.98 Å². The lowest BCUT2D eigenvalue weighted by molar-refractivity contribution is 0.598. The molecule has 2 rings (SSSR count). The zero-order chi connectivity index (χ0) is 13.9. The molecule has 0 bridgehead atoms. The van der Waals surface area contributed by atoms with Gasteiger partial charge in [0.25, 0.3) is 0 Å². The second-order valence-corrected chi connectivity index (χ2v) is 5.51. The van der Waals surface area contributed by atoms with Crippen molar-refractivity contribution < 1.29 is 8.42 Å². The zero-order valence-corrected chi connectivity index (χ0v) is 10.9. The van der Waals surface area contributed by atoms with Crippen LogP contribution in [0.2, 0.25) is 0 Å². The summed E-state index contributed by atoms with van der Waals surface area (Å²) in [6.45, 7) is 0.396. The van der Waals surface area contributed by atoms with E-state index in [4.69, 9.17) is 10.9 Å². The van der Waals surface area contributed by atoms with Gasteiger partial charge >= 0.3 is 0 Å². The Morgan fingerprint density at radius 1 is 1.21 bits per heavy atom. The normalized spacial score (nSPS) is 11.2. The van der Waals surface area contributed by atoms with Gasteiger partial charge in [-0.25, -0.2) is 13.6 Å². The summed E-state index contributed by atoms with van der Waals surface area (Å²) in [6, 6.07) is 10.0. The molecule has 19 heavy (non-hydrogen) atoms.